The number of aliphatic hydroxyl groups is 1. The fraction of sp³-hybridized carbons (Fsp3) is 0.500. The van der Waals surface area contributed by atoms with Crippen LogP contribution in [0.15, 0.2) is 12.3 Å². The minimum atomic E-state index is -1.33. The number of halogens is 1. The summed E-state index contributed by atoms with van der Waals surface area (Å²) in [5.74, 6) is -2.33. The van der Waals surface area contributed by atoms with Gasteiger partial charge >= 0.3 is 5.97 Å². The fourth-order valence-corrected chi connectivity index (χ4v) is 1.56. The van der Waals surface area contributed by atoms with Crippen LogP contribution in [0.3, 0.4) is 0 Å². The van der Waals surface area contributed by atoms with E-state index in [1.807, 2.05) is 13.8 Å². The van der Waals surface area contributed by atoms with Crippen LogP contribution >= 0.6 is 0 Å². The molecule has 0 fully saturated rings. The third-order valence-electron chi connectivity index (χ3n) is 2.98. The first-order valence-corrected chi connectivity index (χ1v) is 5.70. The van der Waals surface area contributed by atoms with Gasteiger partial charge < -0.3 is 15.5 Å². The van der Waals surface area contributed by atoms with Gasteiger partial charge in [-0.25, -0.2) is 14.2 Å². The highest BCUT2D eigenvalue weighted by molar-refractivity contribution is 5.88. The van der Waals surface area contributed by atoms with E-state index in [0.717, 1.165) is 6.07 Å². The second-order valence-electron chi connectivity index (χ2n) is 4.34. The Hall–Kier alpha value is -1.69. The van der Waals surface area contributed by atoms with Crippen LogP contribution in [0.2, 0.25) is 0 Å². The predicted octanol–water partition coefficient (Wildman–Crippen LogP) is 1.88. The summed E-state index contributed by atoms with van der Waals surface area (Å²) in [6.45, 7) is 3.66. The summed E-state index contributed by atoms with van der Waals surface area (Å²) < 4.78 is 13.9. The first-order chi connectivity index (χ1) is 8.43. The van der Waals surface area contributed by atoms with Crippen LogP contribution in [-0.4, -0.2) is 33.3 Å². The number of hydrogen-bond donors (Lipinski definition) is 3. The number of aromatic carboxylic acids is 1. The topological polar surface area (TPSA) is 82.5 Å². The van der Waals surface area contributed by atoms with Crippen molar-refractivity contribution in [3.05, 3.63) is 23.6 Å². The molecule has 1 unspecified atom stereocenters. The number of pyridine rings is 1. The van der Waals surface area contributed by atoms with Crippen molar-refractivity contribution >= 4 is 11.8 Å². The summed E-state index contributed by atoms with van der Waals surface area (Å²) in [4.78, 5) is 14.6. The van der Waals surface area contributed by atoms with Gasteiger partial charge in [0.15, 0.2) is 11.6 Å². The van der Waals surface area contributed by atoms with Crippen LogP contribution in [0.5, 0.6) is 0 Å². The molecule has 3 N–H and O–H groups in total. The summed E-state index contributed by atoms with van der Waals surface area (Å²) in [7, 11) is 0. The number of nitrogens with one attached hydrogen (secondary N) is 1. The molecule has 1 aromatic rings. The minimum Gasteiger partial charge on any atom is -0.478 e. The Morgan fingerprint density at radius 2 is 2.28 bits per heavy atom. The molecule has 6 heteroatoms. The standard InChI is InChI=1S/C12H17FN2O3/c1-3-12(2,5-7-16)15-10-9(13)8(11(17)18)4-6-14-10/h4,6,16H,3,5,7H2,1-2H3,(H,14,15)(H,17,18). The van der Waals surface area contributed by atoms with Gasteiger partial charge in [0.2, 0.25) is 0 Å². The zero-order chi connectivity index (χ0) is 13.8. The molecule has 0 spiro atoms. The van der Waals surface area contributed by atoms with E-state index in [9.17, 15) is 9.18 Å². The fourth-order valence-electron chi connectivity index (χ4n) is 1.56. The zero-order valence-corrected chi connectivity index (χ0v) is 10.4. The van der Waals surface area contributed by atoms with E-state index in [-0.39, 0.29) is 12.4 Å². The Kier molecular flexibility index (Phi) is 4.61. The lowest BCUT2D eigenvalue weighted by Gasteiger charge is -2.29. The Balaban J connectivity index is 3.04. The van der Waals surface area contributed by atoms with Crippen molar-refractivity contribution in [1.29, 1.82) is 0 Å². The van der Waals surface area contributed by atoms with Crippen molar-refractivity contribution < 1.29 is 19.4 Å². The van der Waals surface area contributed by atoms with Gasteiger partial charge in [0.1, 0.15) is 5.56 Å². The number of carboxylic acid groups (broad SMARTS) is 1. The highest BCUT2D eigenvalue weighted by atomic mass is 19.1. The normalized spacial score (nSPS) is 14.0. The SMILES string of the molecule is CCC(C)(CCO)Nc1nccc(C(=O)O)c1F. The maximum Gasteiger partial charge on any atom is 0.338 e. The first kappa shape index (κ1) is 14.4. The lowest BCUT2D eigenvalue weighted by atomic mass is 9.95. The number of aromatic nitrogens is 1. The molecule has 0 bridgehead atoms. The molecule has 18 heavy (non-hydrogen) atoms. The van der Waals surface area contributed by atoms with Crippen molar-refractivity contribution in [2.75, 3.05) is 11.9 Å². The molecule has 0 amide bonds. The van der Waals surface area contributed by atoms with Gasteiger partial charge in [0, 0.05) is 18.3 Å². The smallest absolute Gasteiger partial charge is 0.338 e. The van der Waals surface area contributed by atoms with Crippen molar-refractivity contribution in [1.82, 2.24) is 4.98 Å². The molecule has 1 atom stereocenters. The number of carbonyl (C=O) groups is 1. The van der Waals surface area contributed by atoms with Gasteiger partial charge in [0.25, 0.3) is 0 Å². The molecule has 0 aliphatic rings. The molecule has 1 rings (SSSR count). The largest absolute Gasteiger partial charge is 0.478 e. The highest BCUT2D eigenvalue weighted by Gasteiger charge is 2.24. The first-order valence-electron chi connectivity index (χ1n) is 5.70. The maximum atomic E-state index is 13.9. The maximum absolute atomic E-state index is 13.9. The van der Waals surface area contributed by atoms with Crippen LogP contribution in [-0.2, 0) is 0 Å². The van der Waals surface area contributed by atoms with Crippen LogP contribution < -0.4 is 5.32 Å². The van der Waals surface area contributed by atoms with Gasteiger partial charge in [-0.15, -0.1) is 0 Å². The van der Waals surface area contributed by atoms with Crippen molar-refractivity contribution in [2.24, 2.45) is 0 Å². The van der Waals surface area contributed by atoms with Crippen LogP contribution in [0, 0.1) is 5.82 Å². The molecule has 0 aliphatic carbocycles. The predicted molar refractivity (Wildman–Crippen MR) is 65.2 cm³/mol. The number of carboxylic acids is 1. The summed E-state index contributed by atoms with van der Waals surface area (Å²) in [5.41, 5.74) is -0.949. The van der Waals surface area contributed by atoms with E-state index >= 15 is 0 Å². The number of hydrogen-bond acceptors (Lipinski definition) is 4. The Labute approximate surface area is 105 Å². The molecule has 0 saturated heterocycles. The van der Waals surface area contributed by atoms with E-state index in [1.54, 1.807) is 0 Å². The van der Waals surface area contributed by atoms with Crippen LogP contribution in [0.25, 0.3) is 0 Å². The second-order valence-corrected chi connectivity index (χ2v) is 4.34. The summed E-state index contributed by atoms with van der Waals surface area (Å²) in [6.07, 6.45) is 2.30. The summed E-state index contributed by atoms with van der Waals surface area (Å²) >= 11 is 0. The Morgan fingerprint density at radius 3 is 2.78 bits per heavy atom. The number of nitrogens with zero attached hydrogens (tertiary/aromatic N) is 1. The Bertz CT molecular complexity index is 439. The third-order valence-corrected chi connectivity index (χ3v) is 2.98. The zero-order valence-electron chi connectivity index (χ0n) is 10.4. The highest BCUT2D eigenvalue weighted by Crippen LogP contribution is 2.23. The van der Waals surface area contributed by atoms with Crippen molar-refractivity contribution in [3.63, 3.8) is 0 Å². The van der Waals surface area contributed by atoms with Crippen LogP contribution in [0.1, 0.15) is 37.0 Å². The molecule has 100 valence electrons. The van der Waals surface area contributed by atoms with Gasteiger partial charge in [-0.3, -0.25) is 0 Å². The number of anilines is 1. The molecular weight excluding hydrogens is 239 g/mol. The monoisotopic (exact) mass is 256 g/mol. The third kappa shape index (κ3) is 3.16. The molecule has 1 aromatic heterocycles. The Morgan fingerprint density at radius 1 is 1.61 bits per heavy atom. The van der Waals surface area contributed by atoms with E-state index in [2.05, 4.69) is 10.3 Å². The lowest BCUT2D eigenvalue weighted by molar-refractivity contribution is 0.0691. The van der Waals surface area contributed by atoms with Gasteiger partial charge in [-0.05, 0) is 25.8 Å². The summed E-state index contributed by atoms with van der Waals surface area (Å²) in [5, 5.41) is 20.6. The van der Waals surface area contributed by atoms with E-state index < -0.39 is 22.9 Å². The molecule has 0 saturated carbocycles. The summed E-state index contributed by atoms with van der Waals surface area (Å²) in [6, 6.07) is 1.11. The second kappa shape index (κ2) is 5.77. The number of aliphatic hydroxyl groups excluding tert-OH is 1. The van der Waals surface area contributed by atoms with Crippen LogP contribution in [0.4, 0.5) is 10.2 Å². The molecule has 0 aliphatic heterocycles. The average Bonchev–Trinajstić information content (AvgIpc) is 2.32. The van der Waals surface area contributed by atoms with E-state index in [0.29, 0.717) is 12.8 Å². The molecule has 1 heterocycles. The van der Waals surface area contributed by atoms with Gasteiger partial charge in [-0.2, -0.15) is 0 Å². The minimum absolute atomic E-state index is 0.0441. The molecular formula is C12H17FN2O3. The van der Waals surface area contributed by atoms with Gasteiger partial charge in [-0.1, -0.05) is 6.92 Å². The van der Waals surface area contributed by atoms with Gasteiger partial charge in [0.05, 0.1) is 0 Å². The quantitative estimate of drug-likeness (QED) is 0.724. The van der Waals surface area contributed by atoms with E-state index in [1.165, 1.54) is 6.20 Å². The molecule has 0 radical (unpaired) electrons. The average molecular weight is 256 g/mol. The molecule has 5 nitrogen and oxygen atoms in total. The van der Waals surface area contributed by atoms with Crippen molar-refractivity contribution in [2.45, 2.75) is 32.2 Å². The van der Waals surface area contributed by atoms with E-state index in [4.69, 9.17) is 10.2 Å². The number of rotatable bonds is 6. The van der Waals surface area contributed by atoms with Crippen molar-refractivity contribution in [3.8, 4) is 0 Å². The lowest BCUT2D eigenvalue weighted by Crippen LogP contribution is -2.36. The molecule has 0 aromatic carbocycles.